The summed E-state index contributed by atoms with van der Waals surface area (Å²) in [6.45, 7) is 1.81. The first-order chi connectivity index (χ1) is 6.54. The number of amides is 1. The third kappa shape index (κ3) is 2.70. The molecule has 1 rings (SSSR count). The van der Waals surface area contributed by atoms with E-state index in [9.17, 15) is 9.90 Å². The van der Waals surface area contributed by atoms with E-state index in [2.05, 4.69) is 15.9 Å². The number of nitrogens with zero attached hydrogens (tertiary/aromatic N) is 1. The first kappa shape index (κ1) is 12.0. The van der Waals surface area contributed by atoms with Crippen LogP contribution in [0.4, 0.5) is 0 Å². The van der Waals surface area contributed by atoms with Gasteiger partial charge in [0, 0.05) is 7.05 Å². The Bertz CT molecular complexity index is 208. The lowest BCUT2D eigenvalue weighted by atomic mass is 9.91. The second-order valence-electron chi connectivity index (χ2n) is 3.98. The molecule has 0 heterocycles. The van der Waals surface area contributed by atoms with Crippen LogP contribution in [0, 0.1) is 0 Å². The summed E-state index contributed by atoms with van der Waals surface area (Å²) in [6.07, 6.45) is 3.57. The Morgan fingerprint density at radius 1 is 1.50 bits per heavy atom. The van der Waals surface area contributed by atoms with Crippen LogP contribution in [0.3, 0.4) is 0 Å². The van der Waals surface area contributed by atoms with Crippen molar-refractivity contribution in [3.8, 4) is 0 Å². The lowest BCUT2D eigenvalue weighted by Crippen LogP contribution is -2.48. The summed E-state index contributed by atoms with van der Waals surface area (Å²) in [5, 5.41) is 9.76. The zero-order chi connectivity index (χ0) is 10.7. The van der Waals surface area contributed by atoms with Crippen LogP contribution in [-0.4, -0.2) is 39.9 Å². The van der Waals surface area contributed by atoms with Gasteiger partial charge in [-0.2, -0.15) is 0 Å². The van der Waals surface area contributed by atoms with E-state index < -0.39 is 0 Å². The third-order valence-electron chi connectivity index (χ3n) is 2.88. The summed E-state index contributed by atoms with van der Waals surface area (Å²) < 4.78 is 0. The summed E-state index contributed by atoms with van der Waals surface area (Å²) in [6, 6.07) is 0.0104. The number of aliphatic hydroxyl groups is 1. The first-order valence-electron chi connectivity index (χ1n) is 5.13. The number of aliphatic hydroxyl groups excluding tert-OH is 1. The summed E-state index contributed by atoms with van der Waals surface area (Å²) in [5.74, 6) is 0.0518. The zero-order valence-electron chi connectivity index (χ0n) is 8.74. The van der Waals surface area contributed by atoms with Crippen molar-refractivity contribution < 1.29 is 9.90 Å². The van der Waals surface area contributed by atoms with E-state index in [0.717, 1.165) is 25.7 Å². The van der Waals surface area contributed by atoms with Gasteiger partial charge in [-0.1, -0.05) is 28.8 Å². The Balaban J connectivity index is 2.57. The molecule has 0 aromatic rings. The van der Waals surface area contributed by atoms with Crippen LogP contribution in [0.1, 0.15) is 32.6 Å². The smallest absolute Gasteiger partial charge is 0.236 e. The molecule has 0 aromatic heterocycles. The average Bonchev–Trinajstić information content (AvgIpc) is 2.16. The maximum Gasteiger partial charge on any atom is 0.236 e. The van der Waals surface area contributed by atoms with Crippen molar-refractivity contribution in [1.82, 2.24) is 4.90 Å². The molecule has 4 heteroatoms. The highest BCUT2D eigenvalue weighted by Crippen LogP contribution is 2.23. The summed E-state index contributed by atoms with van der Waals surface area (Å²) in [7, 11) is 1.78. The topological polar surface area (TPSA) is 40.5 Å². The minimum Gasteiger partial charge on any atom is -0.391 e. The SMILES string of the molecule is CC(Br)C(=O)N(C)C1CCCCC1O. The first-order valence-corrected chi connectivity index (χ1v) is 6.04. The maximum atomic E-state index is 11.7. The number of likely N-dealkylation sites (N-methyl/N-ethyl adjacent to an activating group) is 1. The second kappa shape index (κ2) is 5.12. The molecule has 1 N–H and O–H groups in total. The third-order valence-corrected chi connectivity index (χ3v) is 3.27. The highest BCUT2D eigenvalue weighted by molar-refractivity contribution is 9.10. The Morgan fingerprint density at radius 2 is 2.07 bits per heavy atom. The molecule has 0 spiro atoms. The number of carbonyl (C=O) groups is 1. The van der Waals surface area contributed by atoms with Gasteiger partial charge in [-0.25, -0.2) is 0 Å². The van der Waals surface area contributed by atoms with Gasteiger partial charge >= 0.3 is 0 Å². The van der Waals surface area contributed by atoms with Crippen LogP contribution in [0.25, 0.3) is 0 Å². The molecule has 3 atom stereocenters. The van der Waals surface area contributed by atoms with Crippen molar-refractivity contribution in [2.45, 2.75) is 49.6 Å². The van der Waals surface area contributed by atoms with E-state index in [-0.39, 0.29) is 22.9 Å². The Hall–Kier alpha value is -0.0900. The van der Waals surface area contributed by atoms with Gasteiger partial charge in [-0.3, -0.25) is 4.79 Å². The molecule has 0 saturated heterocycles. The molecule has 1 fully saturated rings. The lowest BCUT2D eigenvalue weighted by molar-refractivity contribution is -0.134. The van der Waals surface area contributed by atoms with Crippen LogP contribution >= 0.6 is 15.9 Å². The van der Waals surface area contributed by atoms with Crippen molar-refractivity contribution in [3.05, 3.63) is 0 Å². The largest absolute Gasteiger partial charge is 0.391 e. The van der Waals surface area contributed by atoms with Crippen molar-refractivity contribution in [2.24, 2.45) is 0 Å². The Labute approximate surface area is 93.6 Å². The molecule has 1 saturated carbocycles. The predicted molar refractivity (Wildman–Crippen MR) is 59.4 cm³/mol. The van der Waals surface area contributed by atoms with E-state index in [0.29, 0.717) is 0 Å². The number of alkyl halides is 1. The summed E-state index contributed by atoms with van der Waals surface area (Å²) >= 11 is 3.25. The molecule has 1 amide bonds. The summed E-state index contributed by atoms with van der Waals surface area (Å²) in [4.78, 5) is 13.2. The fourth-order valence-electron chi connectivity index (χ4n) is 1.99. The van der Waals surface area contributed by atoms with Gasteiger partial charge in [-0.05, 0) is 19.8 Å². The highest BCUT2D eigenvalue weighted by atomic mass is 79.9. The van der Waals surface area contributed by atoms with Crippen LogP contribution in [-0.2, 0) is 4.79 Å². The minimum absolute atomic E-state index is 0.0104. The van der Waals surface area contributed by atoms with Gasteiger partial charge in [0.25, 0.3) is 0 Å². The average molecular weight is 264 g/mol. The molecule has 82 valence electrons. The normalized spacial score (nSPS) is 29.7. The number of hydrogen-bond acceptors (Lipinski definition) is 2. The Kier molecular flexibility index (Phi) is 4.38. The molecule has 14 heavy (non-hydrogen) atoms. The van der Waals surface area contributed by atoms with Crippen molar-refractivity contribution in [1.29, 1.82) is 0 Å². The molecule has 3 nitrogen and oxygen atoms in total. The van der Waals surface area contributed by atoms with Gasteiger partial charge in [0.1, 0.15) is 0 Å². The second-order valence-corrected chi connectivity index (χ2v) is 5.36. The van der Waals surface area contributed by atoms with E-state index in [1.165, 1.54) is 0 Å². The summed E-state index contributed by atoms with van der Waals surface area (Å²) in [5.41, 5.74) is 0. The highest BCUT2D eigenvalue weighted by Gasteiger charge is 2.30. The van der Waals surface area contributed by atoms with E-state index >= 15 is 0 Å². The minimum atomic E-state index is -0.344. The number of rotatable bonds is 2. The number of halogens is 1. The van der Waals surface area contributed by atoms with E-state index in [4.69, 9.17) is 0 Å². The molecule has 3 unspecified atom stereocenters. The van der Waals surface area contributed by atoms with Crippen LogP contribution in [0.2, 0.25) is 0 Å². The molecule has 0 aromatic carbocycles. The van der Waals surface area contributed by atoms with E-state index in [1.807, 2.05) is 6.92 Å². The molecule has 0 aliphatic heterocycles. The van der Waals surface area contributed by atoms with Gasteiger partial charge in [-0.15, -0.1) is 0 Å². The Morgan fingerprint density at radius 3 is 2.57 bits per heavy atom. The molecule has 1 aliphatic carbocycles. The van der Waals surface area contributed by atoms with Crippen molar-refractivity contribution >= 4 is 21.8 Å². The zero-order valence-corrected chi connectivity index (χ0v) is 10.3. The maximum absolute atomic E-state index is 11.7. The van der Waals surface area contributed by atoms with Gasteiger partial charge in [0.05, 0.1) is 17.0 Å². The van der Waals surface area contributed by atoms with Gasteiger partial charge in [0.15, 0.2) is 0 Å². The standard InChI is InChI=1S/C10H18BrNO2/c1-7(11)10(14)12(2)8-5-3-4-6-9(8)13/h7-9,13H,3-6H2,1-2H3. The molecule has 0 bridgehead atoms. The van der Waals surface area contributed by atoms with Crippen molar-refractivity contribution in [2.75, 3.05) is 7.05 Å². The fourth-order valence-corrected chi connectivity index (χ4v) is 2.31. The monoisotopic (exact) mass is 263 g/mol. The molecule has 0 radical (unpaired) electrons. The van der Waals surface area contributed by atoms with Gasteiger partial charge in [0.2, 0.25) is 5.91 Å². The predicted octanol–water partition coefficient (Wildman–Crippen LogP) is 1.53. The van der Waals surface area contributed by atoms with Crippen LogP contribution in [0.5, 0.6) is 0 Å². The molecular formula is C10H18BrNO2. The van der Waals surface area contributed by atoms with Crippen molar-refractivity contribution in [3.63, 3.8) is 0 Å². The van der Waals surface area contributed by atoms with Crippen LogP contribution in [0.15, 0.2) is 0 Å². The van der Waals surface area contributed by atoms with Crippen LogP contribution < -0.4 is 0 Å². The van der Waals surface area contributed by atoms with E-state index in [1.54, 1.807) is 11.9 Å². The quantitative estimate of drug-likeness (QED) is 0.768. The number of hydrogen-bond donors (Lipinski definition) is 1. The number of carbonyl (C=O) groups excluding carboxylic acids is 1. The fraction of sp³-hybridized carbons (Fsp3) is 0.900. The molecular weight excluding hydrogens is 246 g/mol. The van der Waals surface area contributed by atoms with Gasteiger partial charge < -0.3 is 10.0 Å². The lowest BCUT2D eigenvalue weighted by Gasteiger charge is -2.35. The molecule has 1 aliphatic rings.